The van der Waals surface area contributed by atoms with Crippen LogP contribution in [0.5, 0.6) is 0 Å². The predicted octanol–water partition coefficient (Wildman–Crippen LogP) is 5.36. The molecule has 1 amide bonds. The van der Waals surface area contributed by atoms with Crippen molar-refractivity contribution in [2.45, 2.75) is 78.3 Å². The molecule has 1 aliphatic rings. The summed E-state index contributed by atoms with van der Waals surface area (Å²) in [5.41, 5.74) is 1.80. The molecule has 3 rings (SSSR count). The summed E-state index contributed by atoms with van der Waals surface area (Å²) < 4.78 is 5.85. The van der Waals surface area contributed by atoms with E-state index in [4.69, 9.17) is 4.42 Å². The van der Waals surface area contributed by atoms with E-state index in [1.165, 1.54) is 6.42 Å². The van der Waals surface area contributed by atoms with Crippen LogP contribution in [0.2, 0.25) is 0 Å². The molecule has 0 aliphatic heterocycles. The number of nitrogens with zero attached hydrogens (tertiary/aromatic N) is 2. The number of hydrogen-bond acceptors (Lipinski definition) is 4. The Hall–Kier alpha value is -2.10. The average Bonchev–Trinajstić information content (AvgIpc) is 3.26. The molecule has 182 valence electrons. The van der Waals surface area contributed by atoms with Crippen molar-refractivity contribution in [2.75, 3.05) is 11.9 Å². The van der Waals surface area contributed by atoms with E-state index in [0.29, 0.717) is 24.9 Å². The number of hydrogen-bond donors (Lipinski definition) is 3. The number of amides is 1. The number of halogens is 1. The van der Waals surface area contributed by atoms with Gasteiger partial charge in [-0.2, -0.15) is 0 Å². The van der Waals surface area contributed by atoms with Gasteiger partial charge in [0.25, 0.3) is 0 Å². The van der Waals surface area contributed by atoms with Crippen LogP contribution in [0.1, 0.15) is 77.0 Å². The Bertz CT molecular complexity index is 914. The van der Waals surface area contributed by atoms with Crippen LogP contribution in [0.3, 0.4) is 0 Å². The van der Waals surface area contributed by atoms with E-state index in [0.717, 1.165) is 49.2 Å². The summed E-state index contributed by atoms with van der Waals surface area (Å²) in [5, 5.41) is 9.61. The summed E-state index contributed by atoms with van der Waals surface area (Å²) in [6.07, 6.45) is 7.32. The lowest BCUT2D eigenvalue weighted by Crippen LogP contribution is -2.36. The minimum atomic E-state index is -0.0682. The fraction of sp³-hybridized carbons (Fsp3) is 0.560. The Morgan fingerprint density at radius 2 is 1.94 bits per heavy atom. The van der Waals surface area contributed by atoms with Gasteiger partial charge in [0, 0.05) is 23.6 Å². The fourth-order valence-corrected chi connectivity index (χ4v) is 3.77. The van der Waals surface area contributed by atoms with Crippen molar-refractivity contribution >= 4 is 41.5 Å². The van der Waals surface area contributed by atoms with E-state index >= 15 is 0 Å². The first-order chi connectivity index (χ1) is 15.3. The highest BCUT2D eigenvalue weighted by atomic mass is 127. The predicted molar refractivity (Wildman–Crippen MR) is 144 cm³/mol. The second-order valence-electron chi connectivity index (χ2n) is 9.44. The third-order valence-corrected chi connectivity index (χ3v) is 5.63. The van der Waals surface area contributed by atoms with Gasteiger partial charge in [-0.05, 0) is 37.5 Å². The number of aliphatic imine (C=N–C) groups is 1. The molecule has 33 heavy (non-hydrogen) atoms. The van der Waals surface area contributed by atoms with E-state index in [2.05, 4.69) is 46.7 Å². The van der Waals surface area contributed by atoms with Crippen LogP contribution in [-0.2, 0) is 23.3 Å². The molecule has 1 saturated carbocycles. The molecule has 7 nitrogen and oxygen atoms in total. The zero-order chi connectivity index (χ0) is 23.0. The van der Waals surface area contributed by atoms with Gasteiger partial charge >= 0.3 is 0 Å². The number of rotatable bonds is 7. The zero-order valence-electron chi connectivity index (χ0n) is 20.2. The number of anilines is 1. The van der Waals surface area contributed by atoms with Crippen LogP contribution in [0.15, 0.2) is 39.9 Å². The van der Waals surface area contributed by atoms with Crippen molar-refractivity contribution in [3.05, 3.63) is 47.7 Å². The van der Waals surface area contributed by atoms with Crippen LogP contribution < -0.4 is 16.0 Å². The first-order valence-corrected chi connectivity index (χ1v) is 11.7. The SMILES string of the molecule is CCNC(=NCc1cccc(NC(=O)C2CCCCC2)c1)NCc1ncc(C(C)(C)C)o1.I. The summed E-state index contributed by atoms with van der Waals surface area (Å²) in [6, 6.07) is 7.92. The maximum absolute atomic E-state index is 12.5. The zero-order valence-corrected chi connectivity index (χ0v) is 22.6. The van der Waals surface area contributed by atoms with Gasteiger partial charge in [-0.1, -0.05) is 52.2 Å². The van der Waals surface area contributed by atoms with Crippen molar-refractivity contribution in [2.24, 2.45) is 10.9 Å². The molecule has 0 spiro atoms. The topological polar surface area (TPSA) is 91.5 Å². The number of guanidine groups is 1. The molecular formula is C25H38IN5O2. The van der Waals surface area contributed by atoms with E-state index in [9.17, 15) is 4.79 Å². The molecule has 1 fully saturated rings. The number of carbonyl (C=O) groups is 1. The quantitative estimate of drug-likeness (QED) is 0.238. The molecule has 0 atom stereocenters. The molecule has 1 aromatic carbocycles. The van der Waals surface area contributed by atoms with E-state index < -0.39 is 0 Å². The molecule has 0 radical (unpaired) electrons. The van der Waals surface area contributed by atoms with Crippen LogP contribution in [0.4, 0.5) is 5.69 Å². The number of oxazole rings is 1. The Morgan fingerprint density at radius 3 is 2.61 bits per heavy atom. The monoisotopic (exact) mass is 567 g/mol. The highest BCUT2D eigenvalue weighted by molar-refractivity contribution is 14.0. The maximum atomic E-state index is 12.5. The lowest BCUT2D eigenvalue weighted by molar-refractivity contribution is -0.120. The highest BCUT2D eigenvalue weighted by Gasteiger charge is 2.21. The smallest absolute Gasteiger partial charge is 0.227 e. The number of carbonyl (C=O) groups excluding carboxylic acids is 1. The maximum Gasteiger partial charge on any atom is 0.227 e. The summed E-state index contributed by atoms with van der Waals surface area (Å²) in [6.45, 7) is 10.0. The van der Waals surface area contributed by atoms with Gasteiger partial charge in [-0.25, -0.2) is 9.98 Å². The Morgan fingerprint density at radius 1 is 1.18 bits per heavy atom. The van der Waals surface area contributed by atoms with Gasteiger partial charge in [0.15, 0.2) is 5.96 Å². The molecule has 3 N–H and O–H groups in total. The van der Waals surface area contributed by atoms with Gasteiger partial charge < -0.3 is 20.4 Å². The van der Waals surface area contributed by atoms with Crippen molar-refractivity contribution in [1.82, 2.24) is 15.6 Å². The van der Waals surface area contributed by atoms with Gasteiger partial charge in [0.1, 0.15) is 5.76 Å². The number of nitrogens with one attached hydrogen (secondary N) is 3. The van der Waals surface area contributed by atoms with Gasteiger partial charge in [0.05, 0.1) is 19.3 Å². The number of benzene rings is 1. The molecule has 0 saturated heterocycles. The van der Waals surface area contributed by atoms with Crippen LogP contribution in [0.25, 0.3) is 0 Å². The lowest BCUT2D eigenvalue weighted by Gasteiger charge is -2.20. The fourth-order valence-electron chi connectivity index (χ4n) is 3.77. The van der Waals surface area contributed by atoms with Gasteiger partial charge in [-0.3, -0.25) is 4.79 Å². The summed E-state index contributed by atoms with van der Waals surface area (Å²) in [5.74, 6) is 2.47. The Kier molecular flexibility index (Phi) is 10.7. The molecule has 8 heteroatoms. The van der Waals surface area contributed by atoms with Crippen LogP contribution >= 0.6 is 24.0 Å². The van der Waals surface area contributed by atoms with E-state index in [-0.39, 0.29) is 41.2 Å². The largest absolute Gasteiger partial charge is 0.443 e. The Balaban J connectivity index is 0.00000385. The molecular weight excluding hydrogens is 529 g/mol. The third-order valence-electron chi connectivity index (χ3n) is 5.63. The van der Waals surface area contributed by atoms with Crippen molar-refractivity contribution in [3.8, 4) is 0 Å². The molecule has 1 aliphatic carbocycles. The minimum Gasteiger partial charge on any atom is -0.443 e. The van der Waals surface area contributed by atoms with Crippen LogP contribution in [-0.4, -0.2) is 23.4 Å². The second kappa shape index (κ2) is 13.0. The highest BCUT2D eigenvalue weighted by Crippen LogP contribution is 2.25. The molecule has 2 aromatic rings. The van der Waals surface area contributed by atoms with Crippen LogP contribution in [0, 0.1) is 5.92 Å². The van der Waals surface area contributed by atoms with Crippen molar-refractivity contribution in [1.29, 1.82) is 0 Å². The molecule has 1 heterocycles. The summed E-state index contributed by atoms with van der Waals surface area (Å²) >= 11 is 0. The Labute approximate surface area is 214 Å². The normalized spacial score (nSPS) is 15.0. The first kappa shape index (κ1) is 27.1. The van der Waals surface area contributed by atoms with Gasteiger partial charge in [-0.15, -0.1) is 24.0 Å². The van der Waals surface area contributed by atoms with E-state index in [1.807, 2.05) is 31.2 Å². The van der Waals surface area contributed by atoms with Gasteiger partial charge in [0.2, 0.25) is 11.8 Å². The number of aromatic nitrogens is 1. The summed E-state index contributed by atoms with van der Waals surface area (Å²) in [7, 11) is 0. The molecule has 0 bridgehead atoms. The standard InChI is InChI=1S/C25H37N5O2.HI/c1-5-26-24(29-17-22-27-16-21(32-22)25(2,3)4)28-15-18-10-9-13-20(14-18)30-23(31)19-11-7-6-8-12-19;/h9-10,13-14,16,19H,5-8,11-12,15,17H2,1-4H3,(H,30,31)(H2,26,28,29);1H. The molecule has 1 aromatic heterocycles. The van der Waals surface area contributed by atoms with E-state index in [1.54, 1.807) is 6.20 Å². The first-order valence-electron chi connectivity index (χ1n) is 11.7. The minimum absolute atomic E-state index is 0. The average molecular weight is 568 g/mol. The van der Waals surface area contributed by atoms with Crippen molar-refractivity contribution in [3.63, 3.8) is 0 Å². The second-order valence-corrected chi connectivity index (χ2v) is 9.44. The van der Waals surface area contributed by atoms with Crippen molar-refractivity contribution < 1.29 is 9.21 Å². The lowest BCUT2D eigenvalue weighted by atomic mass is 9.88. The third kappa shape index (κ3) is 8.64. The summed E-state index contributed by atoms with van der Waals surface area (Å²) in [4.78, 5) is 21.6. The molecule has 0 unspecified atom stereocenters.